The fourth-order valence-electron chi connectivity index (χ4n) is 1.94. The fourth-order valence-corrected chi connectivity index (χ4v) is 1.94. The van der Waals surface area contributed by atoms with Crippen LogP contribution in [-0.2, 0) is 6.18 Å². The lowest BCUT2D eigenvalue weighted by molar-refractivity contribution is -0.137. The number of amides is 1. The van der Waals surface area contributed by atoms with E-state index in [4.69, 9.17) is 0 Å². The van der Waals surface area contributed by atoms with E-state index in [2.05, 4.69) is 20.6 Å². The summed E-state index contributed by atoms with van der Waals surface area (Å²) in [4.78, 5) is 12.1. The molecule has 0 saturated carbocycles. The zero-order valence-corrected chi connectivity index (χ0v) is 12.0. The molecule has 0 spiro atoms. The number of nitrogens with one attached hydrogen (secondary N) is 1. The summed E-state index contributed by atoms with van der Waals surface area (Å²) in [6.07, 6.45) is -1.26. The summed E-state index contributed by atoms with van der Waals surface area (Å²) in [5, 5.41) is 13.9. The summed E-state index contributed by atoms with van der Waals surface area (Å²) in [5.41, 5.74) is -0.850. The Balaban J connectivity index is 1.76. The van der Waals surface area contributed by atoms with Gasteiger partial charge in [0.2, 0.25) is 0 Å². The first-order valence-electron chi connectivity index (χ1n) is 6.76. The fraction of sp³-hybridized carbons (Fsp3) is 0.0667. The molecule has 0 saturated heterocycles. The summed E-state index contributed by atoms with van der Waals surface area (Å²) in [5.74, 6) is -0.246. The van der Waals surface area contributed by atoms with Gasteiger partial charge in [0, 0.05) is 18.1 Å². The molecule has 0 bridgehead atoms. The molecule has 2 aromatic heterocycles. The number of aromatic nitrogens is 4. The highest BCUT2D eigenvalue weighted by Crippen LogP contribution is 2.30. The van der Waals surface area contributed by atoms with Crippen molar-refractivity contribution < 1.29 is 18.0 Å². The van der Waals surface area contributed by atoms with E-state index in [0.717, 1.165) is 12.1 Å². The molecule has 0 unspecified atom stereocenters. The zero-order valence-electron chi connectivity index (χ0n) is 12.0. The minimum Gasteiger partial charge on any atom is -0.321 e. The first kappa shape index (κ1) is 15.7. The number of rotatable bonds is 3. The number of nitrogens with zero attached hydrogens (tertiary/aromatic N) is 4. The van der Waals surface area contributed by atoms with Crippen LogP contribution in [0, 0.1) is 0 Å². The second kappa shape index (κ2) is 6.11. The quantitative estimate of drug-likeness (QED) is 0.800. The lowest BCUT2D eigenvalue weighted by Gasteiger charge is -2.09. The summed E-state index contributed by atoms with van der Waals surface area (Å²) in [7, 11) is 0. The van der Waals surface area contributed by atoms with Gasteiger partial charge in [-0.2, -0.15) is 18.3 Å². The van der Waals surface area contributed by atoms with E-state index in [9.17, 15) is 18.0 Å². The largest absolute Gasteiger partial charge is 0.416 e. The normalized spacial score (nSPS) is 11.3. The number of anilines is 1. The van der Waals surface area contributed by atoms with E-state index in [0.29, 0.717) is 5.82 Å². The molecule has 0 atom stereocenters. The standard InChI is InChI=1S/C15H10F3N5O/c16-15(17,18)10-3-1-4-11(9-10)20-14(24)12-5-6-13(22-21-12)23-8-2-7-19-23/h1-9H,(H,20,24). The van der Waals surface area contributed by atoms with Crippen molar-refractivity contribution in [1.82, 2.24) is 20.0 Å². The van der Waals surface area contributed by atoms with Crippen LogP contribution < -0.4 is 5.32 Å². The Morgan fingerprint density at radius 1 is 1.08 bits per heavy atom. The molecular formula is C15H10F3N5O. The Labute approximate surface area is 133 Å². The molecule has 1 amide bonds. The smallest absolute Gasteiger partial charge is 0.321 e. The van der Waals surface area contributed by atoms with Gasteiger partial charge in [-0.25, -0.2) is 4.68 Å². The predicted octanol–water partition coefficient (Wildman–Crippen LogP) is 2.93. The maximum atomic E-state index is 12.7. The second-order valence-electron chi connectivity index (χ2n) is 4.76. The first-order valence-corrected chi connectivity index (χ1v) is 6.76. The van der Waals surface area contributed by atoms with Crippen LogP contribution in [0.1, 0.15) is 16.1 Å². The molecule has 122 valence electrons. The third-order valence-corrected chi connectivity index (χ3v) is 3.07. The number of hydrogen-bond donors (Lipinski definition) is 1. The average molecular weight is 333 g/mol. The van der Waals surface area contributed by atoms with Crippen LogP contribution in [0.4, 0.5) is 18.9 Å². The summed E-state index contributed by atoms with van der Waals surface area (Å²) < 4.78 is 39.5. The van der Waals surface area contributed by atoms with Crippen LogP contribution in [0.2, 0.25) is 0 Å². The highest BCUT2D eigenvalue weighted by atomic mass is 19.4. The van der Waals surface area contributed by atoms with Gasteiger partial charge >= 0.3 is 6.18 Å². The van der Waals surface area contributed by atoms with Crippen molar-refractivity contribution in [2.24, 2.45) is 0 Å². The number of carbonyl (C=O) groups excluding carboxylic acids is 1. The van der Waals surface area contributed by atoms with E-state index in [-0.39, 0.29) is 11.4 Å². The molecule has 9 heteroatoms. The molecule has 24 heavy (non-hydrogen) atoms. The Morgan fingerprint density at radius 2 is 1.92 bits per heavy atom. The van der Waals surface area contributed by atoms with Gasteiger partial charge in [-0.3, -0.25) is 4.79 Å². The zero-order chi connectivity index (χ0) is 17.2. The molecule has 3 aromatic rings. The first-order chi connectivity index (χ1) is 11.4. The van der Waals surface area contributed by atoms with Crippen molar-refractivity contribution in [2.75, 3.05) is 5.32 Å². The van der Waals surface area contributed by atoms with Gasteiger partial charge in [0.1, 0.15) is 0 Å². The van der Waals surface area contributed by atoms with E-state index < -0.39 is 17.6 Å². The van der Waals surface area contributed by atoms with Crippen molar-refractivity contribution in [1.29, 1.82) is 0 Å². The SMILES string of the molecule is O=C(Nc1cccc(C(F)(F)F)c1)c1ccc(-n2cccn2)nn1. The number of carbonyl (C=O) groups is 1. The highest BCUT2D eigenvalue weighted by molar-refractivity contribution is 6.02. The van der Waals surface area contributed by atoms with Crippen LogP contribution in [-0.4, -0.2) is 25.9 Å². The molecule has 0 fully saturated rings. The molecule has 3 rings (SSSR count). The Kier molecular flexibility index (Phi) is 3.98. The molecule has 2 heterocycles. The van der Waals surface area contributed by atoms with Crippen molar-refractivity contribution in [3.63, 3.8) is 0 Å². The van der Waals surface area contributed by atoms with Gasteiger partial charge in [-0.05, 0) is 36.4 Å². The number of alkyl halides is 3. The molecule has 0 aliphatic heterocycles. The van der Waals surface area contributed by atoms with E-state index in [1.165, 1.54) is 28.9 Å². The molecule has 0 aliphatic carbocycles. The average Bonchev–Trinajstić information content (AvgIpc) is 3.09. The third kappa shape index (κ3) is 3.40. The monoisotopic (exact) mass is 333 g/mol. The topological polar surface area (TPSA) is 72.7 Å². The van der Waals surface area contributed by atoms with Crippen molar-refractivity contribution in [3.05, 3.63) is 66.1 Å². The Morgan fingerprint density at radius 3 is 2.54 bits per heavy atom. The molecule has 0 radical (unpaired) electrons. The van der Waals surface area contributed by atoms with Gasteiger partial charge in [-0.15, -0.1) is 10.2 Å². The Hall–Kier alpha value is -3.23. The number of hydrogen-bond acceptors (Lipinski definition) is 4. The van der Waals surface area contributed by atoms with E-state index >= 15 is 0 Å². The van der Waals surface area contributed by atoms with Gasteiger partial charge in [-0.1, -0.05) is 6.07 Å². The minimum absolute atomic E-state index is 0.0211. The van der Waals surface area contributed by atoms with Gasteiger partial charge in [0.05, 0.1) is 5.56 Å². The Bertz CT molecular complexity index is 844. The number of halogens is 3. The second-order valence-corrected chi connectivity index (χ2v) is 4.76. The molecule has 6 nitrogen and oxygen atoms in total. The lowest BCUT2D eigenvalue weighted by Crippen LogP contribution is -2.15. The van der Waals surface area contributed by atoms with Gasteiger partial charge in [0.15, 0.2) is 11.5 Å². The maximum absolute atomic E-state index is 12.7. The van der Waals surface area contributed by atoms with Gasteiger partial charge < -0.3 is 5.32 Å². The molecular weight excluding hydrogens is 323 g/mol. The highest BCUT2D eigenvalue weighted by Gasteiger charge is 2.30. The van der Waals surface area contributed by atoms with Crippen LogP contribution in [0.3, 0.4) is 0 Å². The minimum atomic E-state index is -4.48. The summed E-state index contributed by atoms with van der Waals surface area (Å²) in [6, 6.07) is 8.99. The molecule has 1 N–H and O–H groups in total. The summed E-state index contributed by atoms with van der Waals surface area (Å²) in [6.45, 7) is 0. The van der Waals surface area contributed by atoms with Crippen LogP contribution in [0.25, 0.3) is 5.82 Å². The van der Waals surface area contributed by atoms with Crippen molar-refractivity contribution >= 4 is 11.6 Å². The summed E-state index contributed by atoms with van der Waals surface area (Å²) >= 11 is 0. The third-order valence-electron chi connectivity index (χ3n) is 3.07. The predicted molar refractivity (Wildman–Crippen MR) is 78.6 cm³/mol. The van der Waals surface area contributed by atoms with Crippen LogP contribution >= 0.6 is 0 Å². The van der Waals surface area contributed by atoms with E-state index in [1.54, 1.807) is 18.5 Å². The maximum Gasteiger partial charge on any atom is 0.416 e. The van der Waals surface area contributed by atoms with Crippen molar-refractivity contribution in [2.45, 2.75) is 6.18 Å². The lowest BCUT2D eigenvalue weighted by atomic mass is 10.2. The van der Waals surface area contributed by atoms with Crippen molar-refractivity contribution in [3.8, 4) is 5.82 Å². The molecule has 0 aliphatic rings. The van der Waals surface area contributed by atoms with Crippen LogP contribution in [0.15, 0.2) is 54.9 Å². The molecule has 1 aromatic carbocycles. The number of benzene rings is 1. The van der Waals surface area contributed by atoms with E-state index in [1.807, 2.05) is 0 Å². The van der Waals surface area contributed by atoms with Gasteiger partial charge in [0.25, 0.3) is 5.91 Å². The van der Waals surface area contributed by atoms with Crippen LogP contribution in [0.5, 0.6) is 0 Å².